The van der Waals surface area contributed by atoms with Gasteiger partial charge in [0.1, 0.15) is 0 Å². The number of benzene rings is 1. The molecule has 0 fully saturated rings. The molecular formula is C12H20N2. The van der Waals surface area contributed by atoms with Gasteiger partial charge in [0.2, 0.25) is 0 Å². The second kappa shape index (κ2) is 5.66. The molecule has 0 saturated carbocycles. The maximum Gasteiger partial charge on any atom is 0.0337 e. The molecule has 1 aromatic carbocycles. The molecule has 0 aliphatic rings. The zero-order chi connectivity index (χ0) is 10.4. The van der Waals surface area contributed by atoms with Crippen molar-refractivity contribution in [1.29, 1.82) is 0 Å². The van der Waals surface area contributed by atoms with Crippen molar-refractivity contribution in [2.75, 3.05) is 26.0 Å². The van der Waals surface area contributed by atoms with Crippen molar-refractivity contribution in [3.8, 4) is 0 Å². The Morgan fingerprint density at radius 1 is 1.21 bits per heavy atom. The molecule has 2 nitrogen and oxygen atoms in total. The fraction of sp³-hybridized carbons (Fsp3) is 0.500. The summed E-state index contributed by atoms with van der Waals surface area (Å²) in [5.74, 6) is 0. The molecule has 0 saturated heterocycles. The van der Waals surface area contributed by atoms with Crippen LogP contribution in [0.1, 0.15) is 18.9 Å². The van der Waals surface area contributed by atoms with Crippen molar-refractivity contribution in [3.05, 3.63) is 29.8 Å². The van der Waals surface area contributed by atoms with Crippen molar-refractivity contribution in [3.63, 3.8) is 0 Å². The van der Waals surface area contributed by atoms with E-state index in [1.807, 2.05) is 7.05 Å². The molecule has 0 spiro atoms. The van der Waals surface area contributed by atoms with Crippen molar-refractivity contribution in [2.45, 2.75) is 19.9 Å². The molecule has 1 aromatic rings. The van der Waals surface area contributed by atoms with Crippen molar-refractivity contribution >= 4 is 5.69 Å². The van der Waals surface area contributed by atoms with Crippen molar-refractivity contribution < 1.29 is 0 Å². The van der Waals surface area contributed by atoms with Crippen LogP contribution in [-0.4, -0.2) is 25.5 Å². The Morgan fingerprint density at radius 3 is 2.36 bits per heavy atom. The first kappa shape index (κ1) is 11.1. The smallest absolute Gasteiger partial charge is 0.0337 e. The van der Waals surface area contributed by atoms with E-state index in [9.17, 15) is 0 Å². The molecule has 2 heteroatoms. The largest absolute Gasteiger partial charge is 0.388 e. The molecule has 0 amide bonds. The van der Waals surface area contributed by atoms with E-state index in [1.54, 1.807) is 0 Å². The highest BCUT2D eigenvalue weighted by atomic mass is 15.1. The van der Waals surface area contributed by atoms with Crippen LogP contribution in [0.3, 0.4) is 0 Å². The normalized spacial score (nSPS) is 10.6. The molecule has 78 valence electrons. The average molecular weight is 192 g/mol. The average Bonchev–Trinajstić information content (AvgIpc) is 2.19. The van der Waals surface area contributed by atoms with E-state index < -0.39 is 0 Å². The van der Waals surface area contributed by atoms with Crippen LogP contribution in [0.25, 0.3) is 0 Å². The van der Waals surface area contributed by atoms with Crippen LogP contribution in [0.2, 0.25) is 0 Å². The van der Waals surface area contributed by atoms with E-state index in [0.29, 0.717) is 0 Å². The molecule has 0 heterocycles. The molecular weight excluding hydrogens is 172 g/mol. The maximum atomic E-state index is 3.12. The summed E-state index contributed by atoms with van der Waals surface area (Å²) in [7, 11) is 4.10. The number of nitrogens with one attached hydrogen (secondary N) is 1. The van der Waals surface area contributed by atoms with Gasteiger partial charge in [0, 0.05) is 19.3 Å². The van der Waals surface area contributed by atoms with Crippen molar-refractivity contribution in [1.82, 2.24) is 4.90 Å². The van der Waals surface area contributed by atoms with E-state index in [2.05, 4.69) is 48.5 Å². The van der Waals surface area contributed by atoms with E-state index in [1.165, 1.54) is 17.7 Å². The number of anilines is 1. The third kappa shape index (κ3) is 3.38. The van der Waals surface area contributed by atoms with Gasteiger partial charge in [-0.15, -0.1) is 0 Å². The molecule has 0 aliphatic heterocycles. The van der Waals surface area contributed by atoms with Gasteiger partial charge in [-0.25, -0.2) is 0 Å². The summed E-state index contributed by atoms with van der Waals surface area (Å²) in [6.45, 7) is 4.41. The second-order valence-corrected chi connectivity index (χ2v) is 3.68. The summed E-state index contributed by atoms with van der Waals surface area (Å²) >= 11 is 0. The molecule has 0 atom stereocenters. The highest BCUT2D eigenvalue weighted by molar-refractivity contribution is 5.43. The Hall–Kier alpha value is -1.02. The lowest BCUT2D eigenvalue weighted by Gasteiger charge is -2.15. The Labute approximate surface area is 86.9 Å². The Kier molecular flexibility index (Phi) is 4.47. The third-order valence-electron chi connectivity index (χ3n) is 2.30. The Balaban J connectivity index is 2.50. The minimum atomic E-state index is 1.04. The predicted octanol–water partition coefficient (Wildman–Crippen LogP) is 2.57. The minimum Gasteiger partial charge on any atom is -0.388 e. The zero-order valence-electron chi connectivity index (χ0n) is 9.38. The first-order chi connectivity index (χ1) is 6.76. The number of rotatable bonds is 5. The van der Waals surface area contributed by atoms with E-state index in [-0.39, 0.29) is 0 Å². The molecule has 0 unspecified atom stereocenters. The molecule has 0 aliphatic carbocycles. The summed E-state index contributed by atoms with van der Waals surface area (Å²) in [5.41, 5.74) is 2.55. The SMILES string of the molecule is CCCN(C)Cc1ccc(NC)cc1. The van der Waals surface area contributed by atoms with Gasteiger partial charge in [-0.05, 0) is 37.7 Å². The molecule has 0 radical (unpaired) electrons. The van der Waals surface area contributed by atoms with Crippen LogP contribution >= 0.6 is 0 Å². The lowest BCUT2D eigenvalue weighted by atomic mass is 10.2. The zero-order valence-corrected chi connectivity index (χ0v) is 9.38. The van der Waals surface area contributed by atoms with Gasteiger partial charge in [0.15, 0.2) is 0 Å². The maximum absolute atomic E-state index is 3.12. The van der Waals surface area contributed by atoms with Crippen LogP contribution in [-0.2, 0) is 6.54 Å². The lowest BCUT2D eigenvalue weighted by molar-refractivity contribution is 0.327. The van der Waals surface area contributed by atoms with Gasteiger partial charge < -0.3 is 10.2 Å². The molecule has 0 aromatic heterocycles. The minimum absolute atomic E-state index is 1.04. The van der Waals surface area contributed by atoms with E-state index >= 15 is 0 Å². The topological polar surface area (TPSA) is 15.3 Å². The van der Waals surface area contributed by atoms with Gasteiger partial charge in [-0.2, -0.15) is 0 Å². The van der Waals surface area contributed by atoms with E-state index in [4.69, 9.17) is 0 Å². The standard InChI is InChI=1S/C12H20N2/c1-4-9-14(3)10-11-5-7-12(13-2)8-6-11/h5-8,13H,4,9-10H2,1-3H3. The Bertz CT molecular complexity index is 254. The lowest BCUT2D eigenvalue weighted by Crippen LogP contribution is -2.18. The van der Waals surface area contributed by atoms with Crippen LogP contribution in [0.15, 0.2) is 24.3 Å². The van der Waals surface area contributed by atoms with Crippen LogP contribution < -0.4 is 5.32 Å². The monoisotopic (exact) mass is 192 g/mol. The van der Waals surface area contributed by atoms with Gasteiger partial charge in [-0.1, -0.05) is 19.1 Å². The summed E-state index contributed by atoms with van der Waals surface area (Å²) < 4.78 is 0. The number of nitrogens with zero attached hydrogens (tertiary/aromatic N) is 1. The van der Waals surface area contributed by atoms with E-state index in [0.717, 1.165) is 13.1 Å². The fourth-order valence-corrected chi connectivity index (χ4v) is 1.55. The summed E-state index contributed by atoms with van der Waals surface area (Å²) in [5, 5.41) is 3.12. The van der Waals surface area contributed by atoms with Gasteiger partial charge in [-0.3, -0.25) is 0 Å². The molecule has 0 bridgehead atoms. The summed E-state index contributed by atoms with van der Waals surface area (Å²) in [6, 6.07) is 8.60. The molecule has 14 heavy (non-hydrogen) atoms. The predicted molar refractivity (Wildman–Crippen MR) is 62.6 cm³/mol. The van der Waals surface area contributed by atoms with Gasteiger partial charge in [0.05, 0.1) is 0 Å². The Morgan fingerprint density at radius 2 is 1.86 bits per heavy atom. The van der Waals surface area contributed by atoms with Crippen LogP contribution in [0.5, 0.6) is 0 Å². The number of hydrogen-bond donors (Lipinski definition) is 1. The summed E-state index contributed by atoms with van der Waals surface area (Å²) in [6.07, 6.45) is 1.21. The van der Waals surface area contributed by atoms with Gasteiger partial charge >= 0.3 is 0 Å². The first-order valence-corrected chi connectivity index (χ1v) is 5.21. The molecule has 1 N–H and O–H groups in total. The quantitative estimate of drug-likeness (QED) is 0.771. The van der Waals surface area contributed by atoms with Crippen molar-refractivity contribution in [2.24, 2.45) is 0 Å². The van der Waals surface area contributed by atoms with Gasteiger partial charge in [0.25, 0.3) is 0 Å². The number of hydrogen-bond acceptors (Lipinski definition) is 2. The fourth-order valence-electron chi connectivity index (χ4n) is 1.55. The van der Waals surface area contributed by atoms with Crippen LogP contribution in [0, 0.1) is 0 Å². The van der Waals surface area contributed by atoms with Crippen LogP contribution in [0.4, 0.5) is 5.69 Å². The highest BCUT2D eigenvalue weighted by Gasteiger charge is 1.98. The third-order valence-corrected chi connectivity index (χ3v) is 2.30. The molecule has 1 rings (SSSR count). The second-order valence-electron chi connectivity index (χ2n) is 3.68. The highest BCUT2D eigenvalue weighted by Crippen LogP contribution is 2.10. The summed E-state index contributed by atoms with van der Waals surface area (Å²) in [4.78, 5) is 2.34. The first-order valence-electron chi connectivity index (χ1n) is 5.21.